The Kier molecular flexibility index (Phi) is 5.94. The first-order valence-electron chi connectivity index (χ1n) is 7.63. The summed E-state index contributed by atoms with van der Waals surface area (Å²) >= 11 is 5.93. The fourth-order valence-corrected chi connectivity index (χ4v) is 2.55. The molecule has 0 radical (unpaired) electrons. The maximum atomic E-state index is 11.4. The van der Waals surface area contributed by atoms with E-state index in [1.807, 2.05) is 30.3 Å². The highest BCUT2D eigenvalue weighted by Gasteiger charge is 2.11. The molecule has 0 fully saturated rings. The Morgan fingerprint density at radius 2 is 1.87 bits per heavy atom. The van der Waals surface area contributed by atoms with E-state index in [4.69, 9.17) is 21.7 Å². The first-order valence-corrected chi connectivity index (χ1v) is 8.01. The summed E-state index contributed by atoms with van der Waals surface area (Å²) in [6, 6.07) is 13.1. The maximum absolute atomic E-state index is 11.4. The molecule has 2 aromatic rings. The predicted octanol–water partition coefficient (Wildman–Crippen LogP) is 5.29. The molecule has 0 spiro atoms. The van der Waals surface area contributed by atoms with Crippen LogP contribution in [0.2, 0.25) is 5.02 Å². The van der Waals surface area contributed by atoms with Gasteiger partial charge in [0.2, 0.25) is 0 Å². The lowest BCUT2D eigenvalue weighted by atomic mass is 9.99. The van der Waals surface area contributed by atoms with Crippen molar-refractivity contribution in [3.05, 3.63) is 53.1 Å². The summed E-state index contributed by atoms with van der Waals surface area (Å²) in [6.07, 6.45) is 2.31. The molecule has 4 heteroatoms. The van der Waals surface area contributed by atoms with Crippen molar-refractivity contribution in [2.24, 2.45) is 0 Å². The van der Waals surface area contributed by atoms with E-state index >= 15 is 0 Å². The molecule has 23 heavy (non-hydrogen) atoms. The standard InChI is InChI=1S/C19H20ClNO2/c1-3-4-17(21)11-14-5-10-18(19(12-14)23-13(2)22)15-6-8-16(20)9-7-15/h5-10,12,21H,3-4,11H2,1-2H3. The van der Waals surface area contributed by atoms with Crippen LogP contribution >= 0.6 is 11.6 Å². The highest BCUT2D eigenvalue weighted by atomic mass is 35.5. The normalized spacial score (nSPS) is 10.4. The van der Waals surface area contributed by atoms with Crippen LogP contribution in [-0.4, -0.2) is 11.7 Å². The van der Waals surface area contributed by atoms with Crippen LogP contribution in [0.5, 0.6) is 5.75 Å². The van der Waals surface area contributed by atoms with Crippen LogP contribution in [0.3, 0.4) is 0 Å². The number of hydrogen-bond acceptors (Lipinski definition) is 3. The van der Waals surface area contributed by atoms with E-state index in [1.54, 1.807) is 12.1 Å². The Morgan fingerprint density at radius 3 is 2.48 bits per heavy atom. The fourth-order valence-electron chi connectivity index (χ4n) is 2.42. The van der Waals surface area contributed by atoms with Gasteiger partial charge >= 0.3 is 5.97 Å². The van der Waals surface area contributed by atoms with Gasteiger partial charge in [0.05, 0.1) is 0 Å². The smallest absolute Gasteiger partial charge is 0.308 e. The van der Waals surface area contributed by atoms with Crippen molar-refractivity contribution in [1.29, 1.82) is 5.41 Å². The highest BCUT2D eigenvalue weighted by molar-refractivity contribution is 6.30. The lowest BCUT2D eigenvalue weighted by molar-refractivity contribution is -0.131. The van der Waals surface area contributed by atoms with E-state index in [1.165, 1.54) is 6.92 Å². The number of nitrogens with one attached hydrogen (secondary N) is 1. The first kappa shape index (κ1) is 17.2. The van der Waals surface area contributed by atoms with Crippen molar-refractivity contribution in [1.82, 2.24) is 0 Å². The van der Waals surface area contributed by atoms with Gasteiger partial charge < -0.3 is 10.1 Å². The van der Waals surface area contributed by atoms with Crippen molar-refractivity contribution in [2.45, 2.75) is 33.1 Å². The lowest BCUT2D eigenvalue weighted by Gasteiger charge is -2.12. The Bertz CT molecular complexity index is 708. The number of ether oxygens (including phenoxy) is 1. The topological polar surface area (TPSA) is 50.1 Å². The van der Waals surface area contributed by atoms with Crippen LogP contribution in [0.1, 0.15) is 32.3 Å². The Labute approximate surface area is 141 Å². The average molecular weight is 330 g/mol. The molecule has 0 heterocycles. The van der Waals surface area contributed by atoms with Gasteiger partial charge in [-0.25, -0.2) is 0 Å². The molecule has 120 valence electrons. The van der Waals surface area contributed by atoms with Crippen LogP contribution in [0, 0.1) is 5.41 Å². The van der Waals surface area contributed by atoms with E-state index in [0.29, 0.717) is 22.9 Å². The molecular weight excluding hydrogens is 310 g/mol. The van der Waals surface area contributed by atoms with Crippen LogP contribution < -0.4 is 4.74 Å². The van der Waals surface area contributed by atoms with Crippen molar-refractivity contribution in [3.8, 4) is 16.9 Å². The quantitative estimate of drug-likeness (QED) is 0.444. The van der Waals surface area contributed by atoms with Gasteiger partial charge in [-0.05, 0) is 35.7 Å². The fraction of sp³-hybridized carbons (Fsp3) is 0.263. The zero-order valence-corrected chi connectivity index (χ0v) is 14.1. The van der Waals surface area contributed by atoms with E-state index < -0.39 is 0 Å². The zero-order chi connectivity index (χ0) is 16.8. The largest absolute Gasteiger partial charge is 0.426 e. The molecule has 0 aromatic heterocycles. The van der Waals surface area contributed by atoms with Gasteiger partial charge in [0.15, 0.2) is 0 Å². The van der Waals surface area contributed by atoms with E-state index in [9.17, 15) is 4.79 Å². The number of esters is 1. The summed E-state index contributed by atoms with van der Waals surface area (Å²) < 4.78 is 5.37. The summed E-state index contributed by atoms with van der Waals surface area (Å²) in [5.41, 5.74) is 3.42. The number of halogens is 1. The van der Waals surface area contributed by atoms with Gasteiger partial charge in [-0.15, -0.1) is 0 Å². The third kappa shape index (κ3) is 4.93. The molecule has 0 bridgehead atoms. The van der Waals surface area contributed by atoms with Crippen molar-refractivity contribution < 1.29 is 9.53 Å². The summed E-state index contributed by atoms with van der Waals surface area (Å²) in [7, 11) is 0. The highest BCUT2D eigenvalue weighted by Crippen LogP contribution is 2.32. The molecule has 0 aliphatic heterocycles. The molecular formula is C19H20ClNO2. The number of rotatable bonds is 6. The molecule has 0 unspecified atom stereocenters. The van der Waals surface area contributed by atoms with Gasteiger partial charge in [-0.1, -0.05) is 49.2 Å². The van der Waals surface area contributed by atoms with E-state index in [-0.39, 0.29) is 5.97 Å². The maximum Gasteiger partial charge on any atom is 0.308 e. The van der Waals surface area contributed by atoms with Crippen LogP contribution in [0.15, 0.2) is 42.5 Å². The van der Waals surface area contributed by atoms with Gasteiger partial charge in [-0.2, -0.15) is 0 Å². The Hall–Kier alpha value is -2.13. The average Bonchev–Trinajstić information content (AvgIpc) is 2.48. The van der Waals surface area contributed by atoms with Crippen LogP contribution in [-0.2, 0) is 11.2 Å². The molecule has 0 aliphatic rings. The molecule has 3 nitrogen and oxygen atoms in total. The van der Waals surface area contributed by atoms with Crippen LogP contribution in [0.25, 0.3) is 11.1 Å². The molecule has 0 saturated carbocycles. The summed E-state index contributed by atoms with van der Waals surface area (Å²) in [4.78, 5) is 11.4. The number of hydrogen-bond donors (Lipinski definition) is 1. The minimum Gasteiger partial charge on any atom is -0.426 e. The molecule has 0 saturated heterocycles. The number of benzene rings is 2. The van der Waals surface area contributed by atoms with E-state index in [2.05, 4.69) is 6.92 Å². The Balaban J connectivity index is 2.36. The molecule has 2 rings (SSSR count). The monoisotopic (exact) mass is 329 g/mol. The Morgan fingerprint density at radius 1 is 1.17 bits per heavy atom. The van der Waals surface area contributed by atoms with Gasteiger partial charge in [0, 0.05) is 29.6 Å². The second-order valence-corrected chi connectivity index (χ2v) is 5.90. The van der Waals surface area contributed by atoms with Crippen molar-refractivity contribution in [3.63, 3.8) is 0 Å². The molecule has 0 amide bonds. The van der Waals surface area contributed by atoms with Gasteiger partial charge in [0.25, 0.3) is 0 Å². The SMILES string of the molecule is CCCC(=N)Cc1ccc(-c2ccc(Cl)cc2)c(OC(C)=O)c1. The second kappa shape index (κ2) is 7.93. The number of carbonyl (C=O) groups excluding carboxylic acids is 1. The molecule has 1 N–H and O–H groups in total. The van der Waals surface area contributed by atoms with Crippen molar-refractivity contribution >= 4 is 23.3 Å². The van der Waals surface area contributed by atoms with E-state index in [0.717, 1.165) is 29.5 Å². The molecule has 0 atom stereocenters. The lowest BCUT2D eigenvalue weighted by Crippen LogP contribution is -2.05. The first-order chi connectivity index (χ1) is 11.0. The number of carbonyl (C=O) groups is 1. The second-order valence-electron chi connectivity index (χ2n) is 5.46. The third-order valence-electron chi connectivity index (χ3n) is 3.42. The summed E-state index contributed by atoms with van der Waals surface area (Å²) in [6.45, 7) is 3.44. The van der Waals surface area contributed by atoms with Gasteiger partial charge in [0.1, 0.15) is 5.75 Å². The molecule has 0 aliphatic carbocycles. The third-order valence-corrected chi connectivity index (χ3v) is 3.68. The van der Waals surface area contributed by atoms with Crippen molar-refractivity contribution in [2.75, 3.05) is 0 Å². The minimum atomic E-state index is -0.360. The van der Waals surface area contributed by atoms with Crippen LogP contribution in [0.4, 0.5) is 0 Å². The zero-order valence-electron chi connectivity index (χ0n) is 13.4. The summed E-state index contributed by atoms with van der Waals surface area (Å²) in [5, 5.41) is 8.62. The summed E-state index contributed by atoms with van der Waals surface area (Å²) in [5.74, 6) is 0.155. The minimum absolute atomic E-state index is 0.360. The predicted molar refractivity (Wildman–Crippen MR) is 94.5 cm³/mol. The van der Waals surface area contributed by atoms with Gasteiger partial charge in [-0.3, -0.25) is 4.79 Å². The molecule has 2 aromatic carbocycles.